The number of aromatic nitrogens is 4. The Kier molecular flexibility index (Phi) is 9.11. The summed E-state index contributed by atoms with van der Waals surface area (Å²) >= 11 is 1.98. The molecule has 1 aliphatic heterocycles. The van der Waals surface area contributed by atoms with E-state index in [0.717, 1.165) is 47.4 Å². The highest BCUT2D eigenvalue weighted by Gasteiger charge is 2.20. The second-order valence-electron chi connectivity index (χ2n) is 11.1. The zero-order valence-corrected chi connectivity index (χ0v) is 26.3. The van der Waals surface area contributed by atoms with Crippen LogP contribution in [0.2, 0.25) is 0 Å². The van der Waals surface area contributed by atoms with Gasteiger partial charge < -0.3 is 18.8 Å². The van der Waals surface area contributed by atoms with Crippen molar-refractivity contribution >= 4 is 28.4 Å². The molecular formula is C35H34N4O5S. The first-order chi connectivity index (χ1) is 21.9. The van der Waals surface area contributed by atoms with E-state index in [1.54, 1.807) is 44.8 Å². The molecule has 230 valence electrons. The predicted octanol–water partition coefficient (Wildman–Crippen LogP) is 6.54. The molecule has 3 aromatic heterocycles. The Morgan fingerprint density at radius 3 is 2.36 bits per heavy atom. The monoisotopic (exact) mass is 622 g/mol. The molecule has 0 bridgehead atoms. The van der Waals surface area contributed by atoms with Crippen molar-refractivity contribution in [1.82, 2.24) is 19.5 Å². The molecule has 1 fully saturated rings. The lowest BCUT2D eigenvalue weighted by Crippen LogP contribution is -2.24. The highest BCUT2D eigenvalue weighted by molar-refractivity contribution is 7.99. The van der Waals surface area contributed by atoms with Gasteiger partial charge in [0.1, 0.15) is 11.6 Å². The molecule has 0 N–H and O–H groups in total. The number of benzene rings is 2. The van der Waals surface area contributed by atoms with Crippen molar-refractivity contribution in [1.29, 1.82) is 0 Å². The summed E-state index contributed by atoms with van der Waals surface area (Å²) in [5.74, 6) is 4.82. The first-order valence-electron chi connectivity index (χ1n) is 14.8. The van der Waals surface area contributed by atoms with E-state index in [0.29, 0.717) is 45.8 Å². The van der Waals surface area contributed by atoms with Gasteiger partial charge in [0.15, 0.2) is 28.5 Å². The first-order valence-corrected chi connectivity index (χ1v) is 16.0. The van der Waals surface area contributed by atoms with Gasteiger partial charge in [-0.05, 0) is 54.9 Å². The molecule has 0 radical (unpaired) electrons. The van der Waals surface area contributed by atoms with E-state index in [1.807, 2.05) is 53.7 Å². The molecule has 0 saturated carbocycles. The summed E-state index contributed by atoms with van der Waals surface area (Å²) in [7, 11) is 3.14. The van der Waals surface area contributed by atoms with Gasteiger partial charge in [-0.1, -0.05) is 29.8 Å². The van der Waals surface area contributed by atoms with E-state index < -0.39 is 0 Å². The average molecular weight is 623 g/mol. The molecule has 5 aromatic rings. The van der Waals surface area contributed by atoms with Crippen LogP contribution in [0.15, 0.2) is 78.2 Å². The summed E-state index contributed by atoms with van der Waals surface area (Å²) in [4.78, 5) is 40.4. The second-order valence-corrected chi connectivity index (χ2v) is 12.3. The van der Waals surface area contributed by atoms with E-state index in [2.05, 4.69) is 15.0 Å². The van der Waals surface area contributed by atoms with Gasteiger partial charge in [-0.15, -0.1) is 0 Å². The van der Waals surface area contributed by atoms with Gasteiger partial charge in [0.2, 0.25) is 0 Å². The van der Waals surface area contributed by atoms with Crippen molar-refractivity contribution in [2.24, 2.45) is 5.92 Å². The van der Waals surface area contributed by atoms with Gasteiger partial charge >= 0.3 is 0 Å². The number of methoxy groups -OCH3 is 2. The minimum absolute atomic E-state index is 0.109. The van der Waals surface area contributed by atoms with Gasteiger partial charge in [0.25, 0.3) is 0 Å². The maximum absolute atomic E-state index is 13.7. The van der Waals surface area contributed by atoms with Crippen molar-refractivity contribution in [3.8, 4) is 34.1 Å². The van der Waals surface area contributed by atoms with Crippen LogP contribution in [-0.2, 0) is 13.0 Å². The summed E-state index contributed by atoms with van der Waals surface area (Å²) in [6.07, 6.45) is 10.4. The molecule has 2 aromatic carbocycles. The number of pyridine rings is 2. The second kappa shape index (κ2) is 13.5. The molecule has 0 amide bonds. The number of Topliss-reactive ketones (excluding diaryl/α,β-unsaturated/α-hetero) is 1. The van der Waals surface area contributed by atoms with Gasteiger partial charge in [-0.3, -0.25) is 14.6 Å². The molecule has 9 nitrogen and oxygen atoms in total. The largest absolute Gasteiger partial charge is 0.493 e. The fourth-order valence-electron chi connectivity index (χ4n) is 5.49. The molecule has 45 heavy (non-hydrogen) atoms. The molecule has 0 atom stereocenters. The van der Waals surface area contributed by atoms with E-state index in [4.69, 9.17) is 14.2 Å². The highest BCUT2D eigenvalue weighted by Crippen LogP contribution is 2.36. The van der Waals surface area contributed by atoms with Crippen molar-refractivity contribution in [3.63, 3.8) is 0 Å². The molecular weight excluding hydrogens is 588 g/mol. The Morgan fingerprint density at radius 2 is 1.64 bits per heavy atom. The number of carbonyl (C=O) groups excluding carboxylic acids is 1. The van der Waals surface area contributed by atoms with E-state index in [1.165, 1.54) is 12.4 Å². The fourth-order valence-corrected chi connectivity index (χ4v) is 6.69. The van der Waals surface area contributed by atoms with Crippen LogP contribution in [-0.4, -0.2) is 51.0 Å². The van der Waals surface area contributed by atoms with E-state index in [-0.39, 0.29) is 23.2 Å². The number of aryl methyl sites for hydroxylation is 1. The third-order valence-electron chi connectivity index (χ3n) is 7.99. The smallest absolute Gasteiger partial charge is 0.200 e. The summed E-state index contributed by atoms with van der Waals surface area (Å²) in [6, 6.07) is 13.1. The molecule has 6 rings (SSSR count). The molecule has 4 heterocycles. The minimum Gasteiger partial charge on any atom is -0.493 e. The van der Waals surface area contributed by atoms with E-state index >= 15 is 0 Å². The normalized spacial score (nSPS) is 13.5. The van der Waals surface area contributed by atoms with E-state index in [9.17, 15) is 9.59 Å². The van der Waals surface area contributed by atoms with Crippen LogP contribution in [0.5, 0.6) is 23.0 Å². The number of hydrogen-bond acceptors (Lipinski definition) is 9. The summed E-state index contributed by atoms with van der Waals surface area (Å²) in [5, 5.41) is 0.728. The minimum atomic E-state index is -0.322. The Balaban J connectivity index is 1.24. The standard InChI is InChI=1S/C35H34N4O5S/c1-22-4-6-24(7-5-22)27-20-39(19-23-9-12-45-13-10-23)21-28(35(27)41)30(40)16-34-37-17-25(18-38-34)44-31-8-11-36-29-15-33(43-3)32(42-2)14-26(29)31/h4-8,11,14-15,17-18,20-21,23H,9-10,12-13,16,19H2,1-3H3. The average Bonchev–Trinajstić information content (AvgIpc) is 3.06. The first kappa shape index (κ1) is 30.3. The lowest BCUT2D eigenvalue weighted by Gasteiger charge is -2.23. The maximum atomic E-state index is 13.7. The summed E-state index contributed by atoms with van der Waals surface area (Å²) in [5.41, 5.74) is 2.97. The molecule has 1 saturated heterocycles. The Hall–Kier alpha value is -4.70. The number of ketones is 1. The van der Waals surface area contributed by atoms with Crippen LogP contribution in [0.3, 0.4) is 0 Å². The van der Waals surface area contributed by atoms with Gasteiger partial charge in [0, 0.05) is 42.2 Å². The fraction of sp³-hybridized carbons (Fsp3) is 0.286. The molecule has 0 unspecified atom stereocenters. The zero-order chi connectivity index (χ0) is 31.3. The SMILES string of the molecule is COc1cc2nccc(Oc3cnc(CC(=O)c4cn(CC5CCSCC5)cc(-c5ccc(C)cc5)c4=O)nc3)c2cc1OC. The summed E-state index contributed by atoms with van der Waals surface area (Å²) < 4.78 is 18.9. The lowest BCUT2D eigenvalue weighted by atomic mass is 9.99. The highest BCUT2D eigenvalue weighted by atomic mass is 32.2. The van der Waals surface area contributed by atoms with Crippen molar-refractivity contribution in [3.05, 3.63) is 101 Å². The summed E-state index contributed by atoms with van der Waals surface area (Å²) in [6.45, 7) is 2.78. The Labute approximate surface area is 265 Å². The van der Waals surface area contributed by atoms with Crippen LogP contribution in [0.4, 0.5) is 0 Å². The Morgan fingerprint density at radius 1 is 0.933 bits per heavy atom. The van der Waals surface area contributed by atoms with Crippen LogP contribution < -0.4 is 19.6 Å². The number of carbonyl (C=O) groups is 1. The topological polar surface area (TPSA) is 105 Å². The van der Waals surface area contributed by atoms with Crippen molar-refractivity contribution in [2.75, 3.05) is 25.7 Å². The molecule has 1 aliphatic rings. The Bertz CT molecular complexity index is 1880. The molecule has 10 heteroatoms. The van der Waals surface area contributed by atoms with Crippen molar-refractivity contribution < 1.29 is 19.0 Å². The van der Waals surface area contributed by atoms with Gasteiger partial charge in [0.05, 0.1) is 44.1 Å². The maximum Gasteiger partial charge on any atom is 0.200 e. The third kappa shape index (κ3) is 6.86. The number of thioether (sulfide) groups is 1. The number of ether oxygens (including phenoxy) is 3. The quantitative estimate of drug-likeness (QED) is 0.161. The van der Waals surface area contributed by atoms with Crippen LogP contribution >= 0.6 is 11.8 Å². The number of fused-ring (bicyclic) bond motifs is 1. The van der Waals surface area contributed by atoms with Gasteiger partial charge in [-0.25, -0.2) is 9.97 Å². The number of rotatable bonds is 10. The number of nitrogens with zero attached hydrogens (tertiary/aromatic N) is 4. The predicted molar refractivity (Wildman–Crippen MR) is 176 cm³/mol. The van der Waals surface area contributed by atoms with Crippen LogP contribution in [0, 0.1) is 12.8 Å². The zero-order valence-electron chi connectivity index (χ0n) is 25.5. The lowest BCUT2D eigenvalue weighted by molar-refractivity contribution is 0.0988. The van der Waals surface area contributed by atoms with Crippen LogP contribution in [0.25, 0.3) is 22.0 Å². The third-order valence-corrected chi connectivity index (χ3v) is 9.04. The van der Waals surface area contributed by atoms with Crippen molar-refractivity contribution in [2.45, 2.75) is 32.7 Å². The molecule has 0 aliphatic carbocycles. The number of hydrogen-bond donors (Lipinski definition) is 0. The van der Waals surface area contributed by atoms with Gasteiger partial charge in [-0.2, -0.15) is 11.8 Å². The molecule has 0 spiro atoms. The van der Waals surface area contributed by atoms with Crippen LogP contribution in [0.1, 0.15) is 34.6 Å².